The summed E-state index contributed by atoms with van der Waals surface area (Å²) in [5.74, 6) is 2.52. The van der Waals surface area contributed by atoms with Crippen molar-refractivity contribution in [2.75, 3.05) is 7.05 Å². The lowest BCUT2D eigenvalue weighted by Crippen LogP contribution is -2.17. The van der Waals surface area contributed by atoms with Gasteiger partial charge in [-0.1, -0.05) is 5.16 Å². The molecule has 0 saturated carbocycles. The summed E-state index contributed by atoms with van der Waals surface area (Å²) in [6, 6.07) is 7.80. The molecule has 0 spiro atoms. The van der Waals surface area contributed by atoms with E-state index in [0.717, 1.165) is 40.9 Å². The number of hydrogen-bond donors (Lipinski definition) is 1. The molecule has 3 aromatic heterocycles. The highest BCUT2D eigenvalue weighted by atomic mass is 16.5. The number of rotatable bonds is 5. The quantitative estimate of drug-likeness (QED) is 0.781. The van der Waals surface area contributed by atoms with Crippen molar-refractivity contribution in [2.24, 2.45) is 0 Å². The number of aromatic amines is 1. The third kappa shape index (κ3) is 3.22. The van der Waals surface area contributed by atoms with Gasteiger partial charge in [0.15, 0.2) is 11.5 Å². The van der Waals surface area contributed by atoms with Crippen molar-refractivity contribution in [3.63, 3.8) is 0 Å². The van der Waals surface area contributed by atoms with E-state index in [-0.39, 0.29) is 0 Å². The van der Waals surface area contributed by atoms with Crippen LogP contribution in [0, 0.1) is 13.8 Å². The number of furan rings is 1. The molecule has 0 saturated heterocycles. The van der Waals surface area contributed by atoms with E-state index in [9.17, 15) is 0 Å². The first-order chi connectivity index (χ1) is 10.1. The molecule has 0 radical (unpaired) electrons. The Balaban J connectivity index is 1.64. The van der Waals surface area contributed by atoms with Gasteiger partial charge in [-0.25, -0.2) is 0 Å². The second-order valence-electron chi connectivity index (χ2n) is 5.30. The number of aromatic nitrogens is 3. The van der Waals surface area contributed by atoms with Gasteiger partial charge in [0.2, 0.25) is 0 Å². The summed E-state index contributed by atoms with van der Waals surface area (Å²) < 4.78 is 10.8. The zero-order valence-corrected chi connectivity index (χ0v) is 12.4. The number of nitrogens with zero attached hydrogens (tertiary/aromatic N) is 3. The molecule has 0 atom stereocenters. The van der Waals surface area contributed by atoms with Gasteiger partial charge in [-0.15, -0.1) is 0 Å². The van der Waals surface area contributed by atoms with E-state index < -0.39 is 0 Å². The standard InChI is InChI=1S/C15H18N4O2/c1-10-6-13(21-18-10)9-19(3)8-12-7-14(17-16-12)15-5-4-11(2)20-15/h4-7H,8-9H2,1-3H3,(H,16,17). The van der Waals surface area contributed by atoms with Crippen molar-refractivity contribution < 1.29 is 8.94 Å². The summed E-state index contributed by atoms with van der Waals surface area (Å²) >= 11 is 0. The molecule has 110 valence electrons. The molecule has 0 amide bonds. The van der Waals surface area contributed by atoms with Gasteiger partial charge in [-0.05, 0) is 39.1 Å². The maximum atomic E-state index is 5.57. The zero-order valence-electron chi connectivity index (χ0n) is 12.4. The summed E-state index contributed by atoms with van der Waals surface area (Å²) in [4.78, 5) is 2.13. The van der Waals surface area contributed by atoms with Gasteiger partial charge in [0, 0.05) is 18.3 Å². The van der Waals surface area contributed by atoms with Gasteiger partial charge in [0.1, 0.15) is 11.5 Å². The zero-order chi connectivity index (χ0) is 14.8. The first-order valence-corrected chi connectivity index (χ1v) is 6.82. The normalized spacial score (nSPS) is 11.4. The lowest BCUT2D eigenvalue weighted by molar-refractivity contribution is 0.263. The van der Waals surface area contributed by atoms with Gasteiger partial charge in [0.05, 0.1) is 12.2 Å². The van der Waals surface area contributed by atoms with Crippen molar-refractivity contribution in [1.29, 1.82) is 0 Å². The second-order valence-corrected chi connectivity index (χ2v) is 5.30. The van der Waals surface area contributed by atoms with Crippen LogP contribution in [0.1, 0.15) is 22.9 Å². The van der Waals surface area contributed by atoms with Gasteiger partial charge >= 0.3 is 0 Å². The number of H-pyrrole nitrogens is 1. The fourth-order valence-electron chi connectivity index (χ4n) is 2.24. The molecule has 0 unspecified atom stereocenters. The van der Waals surface area contributed by atoms with Crippen molar-refractivity contribution in [3.05, 3.63) is 47.2 Å². The molecule has 6 heteroatoms. The first kappa shape index (κ1) is 13.6. The summed E-state index contributed by atoms with van der Waals surface area (Å²) in [7, 11) is 2.02. The van der Waals surface area contributed by atoms with Crippen LogP contribution in [0.5, 0.6) is 0 Å². The van der Waals surface area contributed by atoms with Crippen LogP contribution in [0.25, 0.3) is 11.5 Å². The molecule has 0 aliphatic carbocycles. The fraction of sp³-hybridized carbons (Fsp3) is 0.333. The van der Waals surface area contributed by atoms with Crippen molar-refractivity contribution in [2.45, 2.75) is 26.9 Å². The van der Waals surface area contributed by atoms with Crippen LogP contribution in [-0.2, 0) is 13.1 Å². The van der Waals surface area contributed by atoms with E-state index in [2.05, 4.69) is 20.3 Å². The predicted molar refractivity (Wildman–Crippen MR) is 77.4 cm³/mol. The minimum atomic E-state index is 0.703. The highest BCUT2D eigenvalue weighted by molar-refractivity contribution is 5.52. The Hall–Kier alpha value is -2.34. The molecule has 3 heterocycles. The monoisotopic (exact) mass is 286 g/mol. The van der Waals surface area contributed by atoms with Gasteiger partial charge in [-0.2, -0.15) is 5.10 Å². The SMILES string of the molecule is Cc1cc(CN(C)Cc2cc(-c3ccc(C)o3)n[nH]2)on1. The summed E-state index contributed by atoms with van der Waals surface area (Å²) in [5.41, 5.74) is 2.75. The number of aryl methyl sites for hydroxylation is 2. The predicted octanol–water partition coefficient (Wildman–Crippen LogP) is 2.91. The van der Waals surface area contributed by atoms with Crippen LogP contribution in [-0.4, -0.2) is 27.3 Å². The molecule has 3 rings (SSSR count). The van der Waals surface area contributed by atoms with Crippen LogP contribution in [0.15, 0.2) is 33.2 Å². The van der Waals surface area contributed by atoms with Crippen molar-refractivity contribution in [1.82, 2.24) is 20.3 Å². The maximum absolute atomic E-state index is 5.57. The Morgan fingerprint density at radius 1 is 1.19 bits per heavy atom. The molecular formula is C15H18N4O2. The molecule has 1 N–H and O–H groups in total. The highest BCUT2D eigenvalue weighted by Crippen LogP contribution is 2.20. The minimum Gasteiger partial charge on any atom is -0.460 e. The Morgan fingerprint density at radius 3 is 2.71 bits per heavy atom. The molecule has 3 aromatic rings. The van der Waals surface area contributed by atoms with Gasteiger partial charge in [-0.3, -0.25) is 10.00 Å². The van der Waals surface area contributed by atoms with Crippen LogP contribution in [0.2, 0.25) is 0 Å². The first-order valence-electron chi connectivity index (χ1n) is 6.82. The van der Waals surface area contributed by atoms with Crippen molar-refractivity contribution in [3.8, 4) is 11.5 Å². The van der Waals surface area contributed by atoms with Crippen molar-refractivity contribution >= 4 is 0 Å². The van der Waals surface area contributed by atoms with Gasteiger partial charge < -0.3 is 8.94 Å². The van der Waals surface area contributed by atoms with E-state index >= 15 is 0 Å². The summed E-state index contributed by atoms with van der Waals surface area (Å²) in [5, 5.41) is 11.2. The third-order valence-electron chi connectivity index (χ3n) is 3.17. The Kier molecular flexibility index (Phi) is 3.62. The molecule has 0 aliphatic rings. The number of nitrogens with one attached hydrogen (secondary N) is 1. The number of hydrogen-bond acceptors (Lipinski definition) is 5. The molecule has 0 bridgehead atoms. The van der Waals surface area contributed by atoms with E-state index in [1.165, 1.54) is 0 Å². The topological polar surface area (TPSA) is 71.1 Å². The van der Waals surface area contributed by atoms with Crippen LogP contribution in [0.4, 0.5) is 0 Å². The smallest absolute Gasteiger partial charge is 0.154 e. The largest absolute Gasteiger partial charge is 0.460 e. The van der Waals surface area contributed by atoms with Crippen LogP contribution >= 0.6 is 0 Å². The third-order valence-corrected chi connectivity index (χ3v) is 3.17. The maximum Gasteiger partial charge on any atom is 0.154 e. The highest BCUT2D eigenvalue weighted by Gasteiger charge is 2.10. The fourth-order valence-corrected chi connectivity index (χ4v) is 2.24. The van der Waals surface area contributed by atoms with E-state index in [1.54, 1.807) is 0 Å². The molecule has 21 heavy (non-hydrogen) atoms. The van der Waals surface area contributed by atoms with Crippen LogP contribution < -0.4 is 0 Å². The molecule has 0 aliphatic heterocycles. The lowest BCUT2D eigenvalue weighted by atomic mass is 10.3. The molecule has 0 fully saturated rings. The lowest BCUT2D eigenvalue weighted by Gasteiger charge is -2.12. The minimum absolute atomic E-state index is 0.703. The average Bonchev–Trinajstić information content (AvgIpc) is 3.12. The average molecular weight is 286 g/mol. The summed E-state index contributed by atoms with van der Waals surface area (Å²) in [6.07, 6.45) is 0. The van der Waals surface area contributed by atoms with E-state index in [4.69, 9.17) is 8.94 Å². The van der Waals surface area contributed by atoms with Gasteiger partial charge in [0.25, 0.3) is 0 Å². The molecule has 0 aromatic carbocycles. The van der Waals surface area contributed by atoms with E-state index in [0.29, 0.717) is 6.54 Å². The summed E-state index contributed by atoms with van der Waals surface area (Å²) in [6.45, 7) is 5.28. The Bertz CT molecular complexity index is 725. The molecule has 6 nitrogen and oxygen atoms in total. The van der Waals surface area contributed by atoms with E-state index in [1.807, 2.05) is 45.2 Å². The molecular weight excluding hydrogens is 268 g/mol. The Morgan fingerprint density at radius 2 is 2.05 bits per heavy atom. The second kappa shape index (κ2) is 5.57. The van der Waals surface area contributed by atoms with Crippen LogP contribution in [0.3, 0.4) is 0 Å². The Labute approximate surface area is 122 Å².